The van der Waals surface area contributed by atoms with Crippen LogP contribution < -0.4 is 10.6 Å². The Labute approximate surface area is 74.0 Å². The molecule has 12 heavy (non-hydrogen) atoms. The molecule has 0 saturated heterocycles. The van der Waals surface area contributed by atoms with Crippen molar-refractivity contribution in [1.29, 1.82) is 0 Å². The zero-order valence-corrected chi connectivity index (χ0v) is 7.67. The van der Waals surface area contributed by atoms with Crippen molar-refractivity contribution < 1.29 is 0 Å². The summed E-state index contributed by atoms with van der Waals surface area (Å²) in [7, 11) is 3.95. The SMILES string of the molecule is CNC[C@H](NC)c1ccccc1. The molecule has 0 spiro atoms. The van der Waals surface area contributed by atoms with Crippen molar-refractivity contribution >= 4 is 0 Å². The van der Waals surface area contributed by atoms with Crippen LogP contribution in [-0.2, 0) is 0 Å². The molecule has 0 bridgehead atoms. The van der Waals surface area contributed by atoms with Gasteiger partial charge in [0.05, 0.1) is 0 Å². The monoisotopic (exact) mass is 164 g/mol. The van der Waals surface area contributed by atoms with Gasteiger partial charge in [0.2, 0.25) is 0 Å². The van der Waals surface area contributed by atoms with Crippen LogP contribution in [0.1, 0.15) is 11.6 Å². The highest BCUT2D eigenvalue weighted by Gasteiger charge is 2.05. The third kappa shape index (κ3) is 2.32. The van der Waals surface area contributed by atoms with E-state index in [0.717, 1.165) is 6.54 Å². The van der Waals surface area contributed by atoms with E-state index in [1.54, 1.807) is 0 Å². The van der Waals surface area contributed by atoms with E-state index >= 15 is 0 Å². The summed E-state index contributed by atoms with van der Waals surface area (Å²) >= 11 is 0. The lowest BCUT2D eigenvalue weighted by Crippen LogP contribution is -2.27. The summed E-state index contributed by atoms with van der Waals surface area (Å²) < 4.78 is 0. The summed E-state index contributed by atoms with van der Waals surface area (Å²) in [5, 5.41) is 6.41. The second-order valence-electron chi connectivity index (χ2n) is 2.81. The molecule has 0 aliphatic rings. The number of likely N-dealkylation sites (N-methyl/N-ethyl adjacent to an activating group) is 2. The number of hydrogen-bond donors (Lipinski definition) is 2. The molecule has 0 unspecified atom stereocenters. The molecule has 0 fully saturated rings. The van der Waals surface area contributed by atoms with Gasteiger partial charge < -0.3 is 10.6 Å². The minimum absolute atomic E-state index is 0.413. The van der Waals surface area contributed by atoms with Crippen LogP contribution in [0.5, 0.6) is 0 Å². The summed E-state index contributed by atoms with van der Waals surface area (Å²) in [4.78, 5) is 0. The van der Waals surface area contributed by atoms with Crippen LogP contribution in [0, 0.1) is 0 Å². The van der Waals surface area contributed by atoms with Gasteiger partial charge in [0, 0.05) is 12.6 Å². The smallest absolute Gasteiger partial charge is 0.0444 e. The summed E-state index contributed by atoms with van der Waals surface area (Å²) in [6, 6.07) is 10.9. The van der Waals surface area contributed by atoms with Gasteiger partial charge in [0.25, 0.3) is 0 Å². The van der Waals surface area contributed by atoms with Gasteiger partial charge >= 0.3 is 0 Å². The van der Waals surface area contributed by atoms with Crippen LogP contribution >= 0.6 is 0 Å². The van der Waals surface area contributed by atoms with Gasteiger partial charge in [-0.15, -0.1) is 0 Å². The zero-order chi connectivity index (χ0) is 8.81. The maximum Gasteiger partial charge on any atom is 0.0444 e. The van der Waals surface area contributed by atoms with E-state index in [9.17, 15) is 0 Å². The third-order valence-electron chi connectivity index (χ3n) is 1.96. The normalized spacial score (nSPS) is 12.8. The maximum atomic E-state index is 3.26. The minimum Gasteiger partial charge on any atom is -0.318 e. The minimum atomic E-state index is 0.413. The van der Waals surface area contributed by atoms with Crippen molar-refractivity contribution in [2.45, 2.75) is 6.04 Å². The average Bonchev–Trinajstić information content (AvgIpc) is 2.15. The molecule has 0 aliphatic heterocycles. The molecule has 2 heteroatoms. The van der Waals surface area contributed by atoms with Gasteiger partial charge in [-0.25, -0.2) is 0 Å². The average molecular weight is 164 g/mol. The summed E-state index contributed by atoms with van der Waals surface area (Å²) in [5.74, 6) is 0. The predicted molar refractivity (Wildman–Crippen MR) is 52.2 cm³/mol. The maximum absolute atomic E-state index is 3.26. The van der Waals surface area contributed by atoms with Crippen LogP contribution in [-0.4, -0.2) is 20.6 Å². The molecular weight excluding hydrogens is 148 g/mol. The van der Waals surface area contributed by atoms with E-state index in [-0.39, 0.29) is 0 Å². The van der Waals surface area contributed by atoms with E-state index in [2.05, 4.69) is 34.9 Å². The van der Waals surface area contributed by atoms with Crippen molar-refractivity contribution in [2.24, 2.45) is 0 Å². The standard InChI is InChI=1S/C10H16N2/c1-11-8-10(12-2)9-6-4-3-5-7-9/h3-7,10-12H,8H2,1-2H3/t10-/m0/s1. The van der Waals surface area contributed by atoms with Gasteiger partial charge in [-0.2, -0.15) is 0 Å². The van der Waals surface area contributed by atoms with Crippen molar-refractivity contribution in [3.63, 3.8) is 0 Å². The van der Waals surface area contributed by atoms with Crippen LogP contribution in [0.4, 0.5) is 0 Å². The van der Waals surface area contributed by atoms with Crippen molar-refractivity contribution in [3.8, 4) is 0 Å². The van der Waals surface area contributed by atoms with Crippen LogP contribution in [0.15, 0.2) is 30.3 Å². The first-order valence-corrected chi connectivity index (χ1v) is 4.25. The topological polar surface area (TPSA) is 24.1 Å². The lowest BCUT2D eigenvalue weighted by Gasteiger charge is -2.15. The van der Waals surface area contributed by atoms with Crippen molar-refractivity contribution in [2.75, 3.05) is 20.6 Å². The molecule has 1 aromatic carbocycles. The Bertz CT molecular complexity index is 208. The molecule has 1 rings (SSSR count). The van der Waals surface area contributed by atoms with E-state index in [1.807, 2.05) is 20.2 Å². The molecule has 0 radical (unpaired) electrons. The van der Waals surface area contributed by atoms with Crippen LogP contribution in [0.25, 0.3) is 0 Å². The zero-order valence-electron chi connectivity index (χ0n) is 7.67. The third-order valence-corrected chi connectivity index (χ3v) is 1.96. The molecule has 2 nitrogen and oxygen atoms in total. The number of benzene rings is 1. The molecule has 0 aliphatic carbocycles. The molecule has 1 aromatic rings. The lowest BCUT2D eigenvalue weighted by atomic mass is 10.1. The fourth-order valence-electron chi connectivity index (χ4n) is 1.28. The van der Waals surface area contributed by atoms with Crippen LogP contribution in [0.2, 0.25) is 0 Å². The summed E-state index contributed by atoms with van der Waals surface area (Å²) in [5.41, 5.74) is 1.33. The van der Waals surface area contributed by atoms with Gasteiger partial charge in [0.15, 0.2) is 0 Å². The van der Waals surface area contributed by atoms with E-state index in [4.69, 9.17) is 0 Å². The number of nitrogens with one attached hydrogen (secondary N) is 2. The first-order chi connectivity index (χ1) is 5.88. The predicted octanol–water partition coefficient (Wildman–Crippen LogP) is 1.17. The second-order valence-corrected chi connectivity index (χ2v) is 2.81. The Kier molecular flexibility index (Phi) is 3.77. The molecule has 0 heterocycles. The first-order valence-electron chi connectivity index (χ1n) is 4.25. The lowest BCUT2D eigenvalue weighted by molar-refractivity contribution is 0.558. The molecule has 0 aromatic heterocycles. The van der Waals surface area contributed by atoms with Crippen molar-refractivity contribution in [3.05, 3.63) is 35.9 Å². The number of rotatable bonds is 4. The fourth-order valence-corrected chi connectivity index (χ4v) is 1.28. The summed E-state index contributed by atoms with van der Waals surface area (Å²) in [6.07, 6.45) is 0. The highest BCUT2D eigenvalue weighted by Crippen LogP contribution is 2.09. The molecule has 0 saturated carbocycles. The van der Waals surface area contributed by atoms with Crippen molar-refractivity contribution in [1.82, 2.24) is 10.6 Å². The quantitative estimate of drug-likeness (QED) is 0.698. The number of hydrogen-bond acceptors (Lipinski definition) is 2. The van der Waals surface area contributed by atoms with E-state index < -0.39 is 0 Å². The van der Waals surface area contributed by atoms with E-state index in [1.165, 1.54) is 5.56 Å². The fraction of sp³-hybridized carbons (Fsp3) is 0.400. The van der Waals surface area contributed by atoms with Gasteiger partial charge in [-0.1, -0.05) is 30.3 Å². The highest BCUT2D eigenvalue weighted by molar-refractivity contribution is 5.18. The molecule has 1 atom stereocenters. The Morgan fingerprint density at radius 3 is 2.33 bits per heavy atom. The summed E-state index contributed by atoms with van der Waals surface area (Å²) in [6.45, 7) is 0.959. The Hall–Kier alpha value is -0.860. The molecular formula is C10H16N2. The molecule has 2 N–H and O–H groups in total. The Morgan fingerprint density at radius 2 is 1.83 bits per heavy atom. The second kappa shape index (κ2) is 4.91. The van der Waals surface area contributed by atoms with Gasteiger partial charge in [0.1, 0.15) is 0 Å². The molecule has 66 valence electrons. The van der Waals surface area contributed by atoms with E-state index in [0.29, 0.717) is 6.04 Å². The molecule has 0 amide bonds. The largest absolute Gasteiger partial charge is 0.318 e. The highest BCUT2D eigenvalue weighted by atomic mass is 14.9. The first kappa shape index (κ1) is 9.23. The Morgan fingerprint density at radius 1 is 1.17 bits per heavy atom. The van der Waals surface area contributed by atoms with Crippen LogP contribution in [0.3, 0.4) is 0 Å². The van der Waals surface area contributed by atoms with Gasteiger partial charge in [-0.05, 0) is 19.7 Å². The van der Waals surface area contributed by atoms with Gasteiger partial charge in [-0.3, -0.25) is 0 Å². The Balaban J connectivity index is 2.66.